The quantitative estimate of drug-likeness (QED) is 0.874. The molecule has 1 radical (unpaired) electrons. The standard InChI is InChI=1S/C18H28FN2O/c1-14(2)16-9-15(10-17(19)11-16)12-20-18(3,4)13-21-5-7-22-8-6-21/h9-11,20H,5-8,12-13H2,1-4H3. The van der Waals surface area contributed by atoms with Gasteiger partial charge in [-0.15, -0.1) is 0 Å². The third kappa shape index (κ3) is 5.34. The first-order chi connectivity index (χ1) is 10.4. The molecule has 1 N–H and O–H groups in total. The highest BCUT2D eigenvalue weighted by atomic mass is 19.1. The molecular weight excluding hydrogens is 279 g/mol. The van der Waals surface area contributed by atoms with Gasteiger partial charge in [0.05, 0.1) is 13.2 Å². The number of halogens is 1. The van der Waals surface area contributed by atoms with E-state index in [9.17, 15) is 4.39 Å². The Hall–Kier alpha value is -0.970. The molecule has 4 heteroatoms. The van der Waals surface area contributed by atoms with Crippen molar-refractivity contribution in [3.05, 3.63) is 41.1 Å². The van der Waals surface area contributed by atoms with Crippen LogP contribution in [-0.2, 0) is 11.3 Å². The molecule has 123 valence electrons. The Bertz CT molecular complexity index is 482. The van der Waals surface area contributed by atoms with Crippen molar-refractivity contribution in [2.24, 2.45) is 0 Å². The molecule has 1 aliphatic heterocycles. The van der Waals surface area contributed by atoms with Gasteiger partial charge in [0.1, 0.15) is 5.82 Å². The van der Waals surface area contributed by atoms with E-state index in [1.807, 2.05) is 13.8 Å². The smallest absolute Gasteiger partial charge is 0.123 e. The summed E-state index contributed by atoms with van der Waals surface area (Å²) < 4.78 is 19.1. The van der Waals surface area contributed by atoms with Gasteiger partial charge in [0, 0.05) is 31.7 Å². The number of benzene rings is 1. The van der Waals surface area contributed by atoms with Crippen LogP contribution < -0.4 is 5.32 Å². The van der Waals surface area contributed by atoms with Crippen molar-refractivity contribution in [2.75, 3.05) is 32.8 Å². The van der Waals surface area contributed by atoms with E-state index in [4.69, 9.17) is 4.74 Å². The Balaban J connectivity index is 1.93. The number of rotatable bonds is 6. The van der Waals surface area contributed by atoms with Gasteiger partial charge in [-0.1, -0.05) is 19.9 Å². The lowest BCUT2D eigenvalue weighted by molar-refractivity contribution is 0.0269. The van der Waals surface area contributed by atoms with E-state index in [1.165, 1.54) is 0 Å². The minimum Gasteiger partial charge on any atom is -0.379 e. The maximum atomic E-state index is 13.7. The van der Waals surface area contributed by atoms with Crippen molar-refractivity contribution in [3.8, 4) is 0 Å². The summed E-state index contributed by atoms with van der Waals surface area (Å²) >= 11 is 0. The number of hydrogen-bond donors (Lipinski definition) is 1. The summed E-state index contributed by atoms with van der Waals surface area (Å²) in [5.74, 6) is 0.967. The number of nitrogens with one attached hydrogen (secondary N) is 1. The molecule has 0 amide bonds. The van der Waals surface area contributed by atoms with Gasteiger partial charge in [-0.25, -0.2) is 4.39 Å². The number of hydrogen-bond acceptors (Lipinski definition) is 3. The molecule has 2 rings (SSSR count). The lowest BCUT2D eigenvalue weighted by Gasteiger charge is -2.35. The van der Waals surface area contributed by atoms with Gasteiger partial charge in [-0.05, 0) is 43.0 Å². The van der Waals surface area contributed by atoms with Crippen LogP contribution in [0.4, 0.5) is 4.39 Å². The van der Waals surface area contributed by atoms with Crippen LogP contribution in [0.5, 0.6) is 0 Å². The summed E-state index contributed by atoms with van der Waals surface area (Å²) in [6, 6.07) is 5.28. The Morgan fingerprint density at radius 1 is 1.23 bits per heavy atom. The van der Waals surface area contributed by atoms with E-state index >= 15 is 0 Å². The van der Waals surface area contributed by atoms with Crippen molar-refractivity contribution in [2.45, 2.75) is 39.8 Å². The van der Waals surface area contributed by atoms with Gasteiger partial charge in [-0.3, -0.25) is 4.90 Å². The van der Waals surface area contributed by atoms with E-state index in [0.29, 0.717) is 6.54 Å². The number of nitrogens with zero attached hydrogens (tertiary/aromatic N) is 1. The lowest BCUT2D eigenvalue weighted by atomic mass is 9.99. The molecule has 22 heavy (non-hydrogen) atoms. The van der Waals surface area contributed by atoms with E-state index in [0.717, 1.165) is 49.9 Å². The average Bonchev–Trinajstić information content (AvgIpc) is 2.45. The lowest BCUT2D eigenvalue weighted by Crippen LogP contribution is -2.51. The first kappa shape index (κ1) is 17.4. The summed E-state index contributed by atoms with van der Waals surface area (Å²) in [6.45, 7) is 13.7. The zero-order valence-electron chi connectivity index (χ0n) is 14.2. The van der Waals surface area contributed by atoms with Crippen LogP contribution in [0.3, 0.4) is 0 Å². The van der Waals surface area contributed by atoms with Crippen molar-refractivity contribution >= 4 is 0 Å². The highest BCUT2D eigenvalue weighted by molar-refractivity contribution is 5.33. The molecule has 0 saturated carbocycles. The highest BCUT2D eigenvalue weighted by Gasteiger charge is 2.22. The fraction of sp³-hybridized carbons (Fsp3) is 0.611. The zero-order chi connectivity index (χ0) is 16.2. The van der Waals surface area contributed by atoms with Crippen LogP contribution in [0, 0.1) is 11.7 Å². The Labute approximate surface area is 133 Å². The zero-order valence-corrected chi connectivity index (χ0v) is 14.2. The number of morpholine rings is 1. The molecule has 1 aromatic carbocycles. The molecular formula is C18H28FN2O. The van der Waals surface area contributed by atoms with E-state index in [-0.39, 0.29) is 11.4 Å². The van der Waals surface area contributed by atoms with Crippen LogP contribution in [-0.4, -0.2) is 43.3 Å². The maximum absolute atomic E-state index is 13.7. The summed E-state index contributed by atoms with van der Waals surface area (Å²) in [5, 5.41) is 3.56. The molecule has 3 nitrogen and oxygen atoms in total. The molecule has 1 saturated heterocycles. The van der Waals surface area contributed by atoms with Gasteiger partial charge >= 0.3 is 0 Å². The van der Waals surface area contributed by atoms with Crippen LogP contribution in [0.2, 0.25) is 0 Å². The normalized spacial score (nSPS) is 17.2. The Morgan fingerprint density at radius 3 is 2.55 bits per heavy atom. The largest absolute Gasteiger partial charge is 0.379 e. The topological polar surface area (TPSA) is 24.5 Å². The fourth-order valence-corrected chi connectivity index (χ4v) is 2.76. The van der Waals surface area contributed by atoms with Gasteiger partial charge < -0.3 is 10.1 Å². The number of ether oxygens (including phenoxy) is 1. The molecule has 1 fully saturated rings. The maximum Gasteiger partial charge on any atom is 0.123 e. The van der Waals surface area contributed by atoms with E-state index < -0.39 is 0 Å². The van der Waals surface area contributed by atoms with Crippen LogP contribution in [0.15, 0.2) is 18.2 Å². The second-order valence-electron chi connectivity index (χ2n) is 6.97. The molecule has 0 spiro atoms. The molecule has 1 aliphatic rings. The summed E-state index contributed by atoms with van der Waals surface area (Å²) in [4.78, 5) is 2.41. The first-order valence-corrected chi connectivity index (χ1v) is 8.01. The Kier molecular flexibility index (Phi) is 5.95. The van der Waals surface area contributed by atoms with E-state index in [1.54, 1.807) is 12.1 Å². The average molecular weight is 307 g/mol. The highest BCUT2D eigenvalue weighted by Crippen LogP contribution is 2.18. The predicted octanol–water partition coefficient (Wildman–Crippen LogP) is 2.99. The molecule has 0 aromatic heterocycles. The summed E-state index contributed by atoms with van der Waals surface area (Å²) in [6.07, 6.45) is 0. The van der Waals surface area contributed by atoms with Crippen LogP contribution in [0.1, 0.15) is 38.8 Å². The second-order valence-corrected chi connectivity index (χ2v) is 6.97. The summed E-state index contributed by atoms with van der Waals surface area (Å²) in [5.41, 5.74) is 1.95. The third-order valence-corrected chi connectivity index (χ3v) is 4.03. The fourth-order valence-electron chi connectivity index (χ4n) is 2.76. The first-order valence-electron chi connectivity index (χ1n) is 8.01. The van der Waals surface area contributed by atoms with Gasteiger partial charge in [0.2, 0.25) is 0 Å². The SMILES string of the molecule is C[C](C)c1cc(F)cc(CNC(C)(C)CN2CCOCC2)c1. The van der Waals surface area contributed by atoms with Crippen LogP contribution in [0.25, 0.3) is 0 Å². The molecule has 0 unspecified atom stereocenters. The van der Waals surface area contributed by atoms with Crippen molar-refractivity contribution in [1.29, 1.82) is 0 Å². The molecule has 0 atom stereocenters. The van der Waals surface area contributed by atoms with Crippen molar-refractivity contribution < 1.29 is 9.13 Å². The third-order valence-electron chi connectivity index (χ3n) is 4.03. The molecule has 0 aliphatic carbocycles. The minimum atomic E-state index is -0.165. The van der Waals surface area contributed by atoms with E-state index in [2.05, 4.69) is 30.1 Å². The van der Waals surface area contributed by atoms with Crippen molar-refractivity contribution in [3.63, 3.8) is 0 Å². The minimum absolute atomic E-state index is 0.0191. The van der Waals surface area contributed by atoms with Gasteiger partial charge in [0.15, 0.2) is 0 Å². The molecule has 1 aromatic rings. The van der Waals surface area contributed by atoms with Crippen LogP contribution >= 0.6 is 0 Å². The molecule has 1 heterocycles. The molecule has 0 bridgehead atoms. The summed E-state index contributed by atoms with van der Waals surface area (Å²) in [7, 11) is 0. The van der Waals surface area contributed by atoms with Gasteiger partial charge in [0.25, 0.3) is 0 Å². The van der Waals surface area contributed by atoms with Crippen molar-refractivity contribution in [1.82, 2.24) is 10.2 Å². The predicted molar refractivity (Wildman–Crippen MR) is 88.3 cm³/mol. The van der Waals surface area contributed by atoms with Gasteiger partial charge in [-0.2, -0.15) is 0 Å². The second kappa shape index (κ2) is 7.53. The monoisotopic (exact) mass is 307 g/mol. The Morgan fingerprint density at radius 2 is 1.91 bits per heavy atom.